The Bertz CT molecular complexity index is 1150. The SMILES string of the molecule is Cc1ccc2c(c1C)N(CCN1CCC(O)(c3ccccc3)CC1)c1ccccc1S2=O. The van der Waals surface area contributed by atoms with Crippen molar-refractivity contribution in [1.82, 2.24) is 4.90 Å². The third-order valence-corrected chi connectivity index (χ3v) is 8.60. The first-order valence-electron chi connectivity index (χ1n) is 11.4. The van der Waals surface area contributed by atoms with Crippen molar-refractivity contribution in [1.29, 1.82) is 0 Å². The lowest BCUT2D eigenvalue weighted by atomic mass is 9.84. The van der Waals surface area contributed by atoms with Crippen molar-refractivity contribution in [3.8, 4) is 0 Å². The van der Waals surface area contributed by atoms with Crippen LogP contribution in [-0.4, -0.2) is 40.4 Å². The summed E-state index contributed by atoms with van der Waals surface area (Å²) in [5, 5.41) is 11.2. The van der Waals surface area contributed by atoms with Crippen molar-refractivity contribution < 1.29 is 9.32 Å². The maximum atomic E-state index is 13.3. The monoisotopic (exact) mass is 446 g/mol. The largest absolute Gasteiger partial charge is 0.385 e. The van der Waals surface area contributed by atoms with Gasteiger partial charge in [-0.05, 0) is 61.6 Å². The standard InChI is InChI=1S/C27H30N2O2S/c1-20-12-13-25-26(21(20)2)29(23-10-6-7-11-24(23)32(25)31)19-18-28-16-14-27(30,15-17-28)22-8-4-3-5-9-22/h3-13,30H,14-19H2,1-2H3. The zero-order chi connectivity index (χ0) is 22.3. The molecule has 0 saturated carbocycles. The van der Waals surface area contributed by atoms with Crippen LogP contribution in [0.4, 0.5) is 11.4 Å². The molecule has 2 aliphatic heterocycles. The van der Waals surface area contributed by atoms with E-state index in [-0.39, 0.29) is 0 Å². The Labute approximate surface area is 193 Å². The lowest BCUT2D eigenvalue weighted by Crippen LogP contribution is -2.45. The van der Waals surface area contributed by atoms with E-state index in [1.165, 1.54) is 11.1 Å². The van der Waals surface area contributed by atoms with Crippen LogP contribution in [0.1, 0.15) is 29.5 Å². The number of rotatable bonds is 4. The second-order valence-corrected chi connectivity index (χ2v) is 10.4. The van der Waals surface area contributed by atoms with E-state index < -0.39 is 16.4 Å². The summed E-state index contributed by atoms with van der Waals surface area (Å²) in [7, 11) is -1.16. The Morgan fingerprint density at radius 2 is 1.56 bits per heavy atom. The normalized spacial score (nSPS) is 20.0. The molecule has 1 saturated heterocycles. The minimum atomic E-state index is -1.16. The predicted molar refractivity (Wildman–Crippen MR) is 130 cm³/mol. The lowest BCUT2D eigenvalue weighted by Gasteiger charge is -2.40. The fraction of sp³-hybridized carbons (Fsp3) is 0.333. The van der Waals surface area contributed by atoms with E-state index in [9.17, 15) is 9.32 Å². The van der Waals surface area contributed by atoms with Gasteiger partial charge in [-0.2, -0.15) is 0 Å². The Morgan fingerprint density at radius 1 is 0.875 bits per heavy atom. The number of aliphatic hydroxyl groups is 1. The second kappa shape index (κ2) is 8.47. The summed E-state index contributed by atoms with van der Waals surface area (Å²) in [6, 6.07) is 22.2. The van der Waals surface area contributed by atoms with E-state index in [1.54, 1.807) is 0 Å². The zero-order valence-electron chi connectivity index (χ0n) is 18.8. The van der Waals surface area contributed by atoms with Crippen molar-refractivity contribution in [2.45, 2.75) is 42.1 Å². The molecule has 5 heteroatoms. The third-order valence-electron chi connectivity index (χ3n) is 7.12. The summed E-state index contributed by atoms with van der Waals surface area (Å²) in [5.41, 5.74) is 4.85. The van der Waals surface area contributed by atoms with Gasteiger partial charge in [0.2, 0.25) is 0 Å². The summed E-state index contributed by atoms with van der Waals surface area (Å²) in [4.78, 5) is 6.59. The van der Waals surface area contributed by atoms with Gasteiger partial charge in [-0.25, -0.2) is 4.21 Å². The van der Waals surface area contributed by atoms with Crippen molar-refractivity contribution in [2.24, 2.45) is 0 Å². The first-order chi connectivity index (χ1) is 15.5. The fourth-order valence-electron chi connectivity index (χ4n) is 4.99. The van der Waals surface area contributed by atoms with E-state index in [4.69, 9.17) is 0 Å². The number of fused-ring (bicyclic) bond motifs is 2. The van der Waals surface area contributed by atoms with E-state index in [2.05, 4.69) is 35.8 Å². The van der Waals surface area contributed by atoms with Crippen LogP contribution in [0.15, 0.2) is 76.5 Å². The highest BCUT2D eigenvalue weighted by molar-refractivity contribution is 7.85. The molecule has 0 aromatic heterocycles. The number of piperidine rings is 1. The summed E-state index contributed by atoms with van der Waals surface area (Å²) in [5.74, 6) is 0. The van der Waals surface area contributed by atoms with Crippen LogP contribution in [0.5, 0.6) is 0 Å². The molecule has 32 heavy (non-hydrogen) atoms. The predicted octanol–water partition coefficient (Wildman–Crippen LogP) is 4.91. The van der Waals surface area contributed by atoms with Gasteiger partial charge in [-0.3, -0.25) is 0 Å². The highest BCUT2D eigenvalue weighted by Crippen LogP contribution is 2.44. The molecular weight excluding hydrogens is 416 g/mol. The van der Waals surface area contributed by atoms with Gasteiger partial charge in [0, 0.05) is 26.2 Å². The Morgan fingerprint density at radius 3 is 2.31 bits per heavy atom. The van der Waals surface area contributed by atoms with Gasteiger partial charge in [0.05, 0.1) is 37.6 Å². The molecule has 0 spiro atoms. The number of benzene rings is 3. The lowest BCUT2D eigenvalue weighted by molar-refractivity contribution is -0.0251. The van der Waals surface area contributed by atoms with Gasteiger partial charge in [0.25, 0.3) is 0 Å². The zero-order valence-corrected chi connectivity index (χ0v) is 19.6. The third kappa shape index (κ3) is 3.68. The molecule has 166 valence electrons. The summed E-state index contributed by atoms with van der Waals surface area (Å²) in [6.45, 7) is 7.71. The van der Waals surface area contributed by atoms with Crippen LogP contribution in [0, 0.1) is 13.8 Å². The van der Waals surface area contributed by atoms with E-state index in [0.717, 1.165) is 65.7 Å². The second-order valence-electron chi connectivity index (χ2n) is 8.98. The van der Waals surface area contributed by atoms with Crippen LogP contribution in [0.25, 0.3) is 0 Å². The van der Waals surface area contributed by atoms with Crippen LogP contribution < -0.4 is 4.90 Å². The molecule has 5 rings (SSSR count). The van der Waals surface area contributed by atoms with Crippen LogP contribution in [-0.2, 0) is 16.4 Å². The van der Waals surface area contributed by atoms with E-state index in [1.807, 2.05) is 54.6 Å². The number of hydrogen-bond donors (Lipinski definition) is 1. The molecule has 3 aromatic carbocycles. The maximum absolute atomic E-state index is 13.3. The average molecular weight is 447 g/mol. The van der Waals surface area contributed by atoms with E-state index >= 15 is 0 Å². The molecule has 4 nitrogen and oxygen atoms in total. The van der Waals surface area contributed by atoms with Crippen molar-refractivity contribution in [2.75, 3.05) is 31.1 Å². The summed E-state index contributed by atoms with van der Waals surface area (Å²) < 4.78 is 13.3. The molecule has 1 fully saturated rings. The number of likely N-dealkylation sites (tertiary alicyclic amines) is 1. The van der Waals surface area contributed by atoms with Gasteiger partial charge < -0.3 is 14.9 Å². The highest BCUT2D eigenvalue weighted by Gasteiger charge is 2.35. The molecule has 2 aliphatic rings. The minimum Gasteiger partial charge on any atom is -0.385 e. The molecule has 1 N–H and O–H groups in total. The van der Waals surface area contributed by atoms with Gasteiger partial charge in [-0.15, -0.1) is 0 Å². The fourth-order valence-corrected chi connectivity index (χ4v) is 6.43. The summed E-state index contributed by atoms with van der Waals surface area (Å²) in [6.07, 6.45) is 1.48. The van der Waals surface area contributed by atoms with Crippen LogP contribution in [0.3, 0.4) is 0 Å². The molecule has 1 atom stereocenters. The van der Waals surface area contributed by atoms with Crippen molar-refractivity contribution in [3.05, 3.63) is 83.4 Å². The van der Waals surface area contributed by atoms with Crippen molar-refractivity contribution >= 4 is 22.2 Å². The van der Waals surface area contributed by atoms with Gasteiger partial charge in [0.15, 0.2) is 0 Å². The first kappa shape index (κ1) is 21.4. The van der Waals surface area contributed by atoms with E-state index in [0.29, 0.717) is 0 Å². The van der Waals surface area contributed by atoms with Crippen LogP contribution >= 0.6 is 0 Å². The molecule has 3 aromatic rings. The number of anilines is 2. The Hall–Kier alpha value is -2.47. The first-order valence-corrected chi connectivity index (χ1v) is 12.5. The van der Waals surface area contributed by atoms with Gasteiger partial charge in [-0.1, -0.05) is 48.5 Å². The van der Waals surface area contributed by atoms with Crippen LogP contribution in [0.2, 0.25) is 0 Å². The molecule has 1 unspecified atom stereocenters. The summed E-state index contributed by atoms with van der Waals surface area (Å²) >= 11 is 0. The Balaban J connectivity index is 1.36. The minimum absolute atomic E-state index is 0.729. The topological polar surface area (TPSA) is 43.8 Å². The van der Waals surface area contributed by atoms with Crippen molar-refractivity contribution in [3.63, 3.8) is 0 Å². The average Bonchev–Trinajstić information content (AvgIpc) is 2.83. The number of para-hydroxylation sites is 1. The molecule has 0 aliphatic carbocycles. The quantitative estimate of drug-likeness (QED) is 0.619. The number of nitrogens with zero attached hydrogens (tertiary/aromatic N) is 2. The smallest absolute Gasteiger partial charge is 0.0920 e. The molecule has 0 amide bonds. The highest BCUT2D eigenvalue weighted by atomic mass is 32.2. The van der Waals surface area contributed by atoms with Gasteiger partial charge in [0.1, 0.15) is 0 Å². The van der Waals surface area contributed by atoms with Gasteiger partial charge >= 0.3 is 0 Å². The molecule has 0 radical (unpaired) electrons. The molecule has 2 heterocycles. The Kier molecular flexibility index (Phi) is 5.66. The molecule has 0 bridgehead atoms. The maximum Gasteiger partial charge on any atom is 0.0920 e. The number of aryl methyl sites for hydroxylation is 1. The molecular formula is C27H30N2O2S. The number of hydrogen-bond acceptors (Lipinski definition) is 4.